The molecule has 0 spiro atoms. The summed E-state index contributed by atoms with van der Waals surface area (Å²) in [6.45, 7) is 3.56. The van der Waals surface area contributed by atoms with Crippen LogP contribution in [0.3, 0.4) is 0 Å². The van der Waals surface area contributed by atoms with Crippen molar-refractivity contribution in [2.75, 3.05) is 37.6 Å². The Hall–Kier alpha value is -2.62. The van der Waals surface area contributed by atoms with E-state index in [-0.39, 0.29) is 18.4 Å². The molecule has 3 heterocycles. The average molecular weight is 412 g/mol. The van der Waals surface area contributed by atoms with E-state index in [1.54, 1.807) is 11.0 Å². The number of hydrogen-bond donors (Lipinski definition) is 1. The van der Waals surface area contributed by atoms with Crippen LogP contribution < -0.4 is 10.2 Å². The van der Waals surface area contributed by atoms with Gasteiger partial charge in [-0.05, 0) is 31.2 Å². The van der Waals surface area contributed by atoms with Crippen LogP contribution in [-0.2, 0) is 11.0 Å². The molecule has 1 aliphatic rings. The standard InChI is InChI=1S/C18H19F3N4O2S/c1-12-2-4-14(28-12)17(27)23-11-16(26)25-8-6-24(7-9-25)15-5-3-13(10-22-15)18(19,20)21/h2-5,10H,6-9,11H2,1H3,(H,23,27). The van der Waals surface area contributed by atoms with E-state index in [1.165, 1.54) is 17.4 Å². The fourth-order valence-electron chi connectivity index (χ4n) is 2.84. The van der Waals surface area contributed by atoms with Crippen LogP contribution in [0, 0.1) is 6.92 Å². The SMILES string of the molecule is Cc1ccc(C(=O)NCC(=O)N2CCN(c3ccc(C(F)(F)F)cn3)CC2)s1. The molecule has 1 fully saturated rings. The van der Waals surface area contributed by atoms with Crippen LogP contribution >= 0.6 is 11.3 Å². The first-order valence-corrected chi connectivity index (χ1v) is 9.46. The van der Waals surface area contributed by atoms with E-state index in [9.17, 15) is 22.8 Å². The fraction of sp³-hybridized carbons (Fsp3) is 0.389. The van der Waals surface area contributed by atoms with Gasteiger partial charge in [0.15, 0.2) is 0 Å². The Morgan fingerprint density at radius 3 is 2.39 bits per heavy atom. The van der Waals surface area contributed by atoms with Gasteiger partial charge in [0.25, 0.3) is 5.91 Å². The summed E-state index contributed by atoms with van der Waals surface area (Å²) in [5.74, 6) is -0.0258. The Balaban J connectivity index is 1.48. The molecule has 2 aromatic heterocycles. The van der Waals surface area contributed by atoms with E-state index in [0.717, 1.165) is 17.1 Å². The number of aryl methyl sites for hydroxylation is 1. The molecule has 0 radical (unpaired) electrons. The number of anilines is 1. The number of pyridine rings is 1. The van der Waals surface area contributed by atoms with E-state index >= 15 is 0 Å². The van der Waals surface area contributed by atoms with Crippen molar-refractivity contribution < 1.29 is 22.8 Å². The number of piperazine rings is 1. The summed E-state index contributed by atoms with van der Waals surface area (Å²) in [5, 5.41) is 2.62. The van der Waals surface area contributed by atoms with Crippen LogP contribution in [0.4, 0.5) is 19.0 Å². The highest BCUT2D eigenvalue weighted by atomic mass is 32.1. The second-order valence-electron chi connectivity index (χ2n) is 6.36. The zero-order chi connectivity index (χ0) is 20.3. The molecule has 2 amide bonds. The largest absolute Gasteiger partial charge is 0.417 e. The van der Waals surface area contributed by atoms with Gasteiger partial charge in [-0.2, -0.15) is 13.2 Å². The van der Waals surface area contributed by atoms with E-state index in [1.807, 2.05) is 17.9 Å². The molecular weight excluding hydrogens is 393 g/mol. The highest BCUT2D eigenvalue weighted by Crippen LogP contribution is 2.29. The number of hydrogen-bond acceptors (Lipinski definition) is 5. The number of rotatable bonds is 4. The average Bonchev–Trinajstić information content (AvgIpc) is 3.12. The lowest BCUT2D eigenvalue weighted by Crippen LogP contribution is -2.51. The van der Waals surface area contributed by atoms with Crippen molar-refractivity contribution in [1.82, 2.24) is 15.2 Å². The molecule has 1 aliphatic heterocycles. The quantitative estimate of drug-likeness (QED) is 0.838. The predicted molar refractivity (Wildman–Crippen MR) is 99.4 cm³/mol. The van der Waals surface area contributed by atoms with E-state index in [4.69, 9.17) is 0 Å². The van der Waals surface area contributed by atoms with Gasteiger partial charge in [-0.3, -0.25) is 9.59 Å². The first-order valence-electron chi connectivity index (χ1n) is 8.64. The lowest BCUT2D eigenvalue weighted by atomic mass is 10.2. The van der Waals surface area contributed by atoms with Crippen LogP contribution in [0.2, 0.25) is 0 Å². The van der Waals surface area contributed by atoms with Crippen molar-refractivity contribution in [3.63, 3.8) is 0 Å². The highest BCUT2D eigenvalue weighted by molar-refractivity contribution is 7.13. The predicted octanol–water partition coefficient (Wildman–Crippen LogP) is 2.55. The van der Waals surface area contributed by atoms with E-state index in [0.29, 0.717) is 36.9 Å². The summed E-state index contributed by atoms with van der Waals surface area (Å²) in [6.07, 6.45) is -3.60. The Bertz CT molecular complexity index is 843. The third-order valence-electron chi connectivity index (χ3n) is 4.40. The zero-order valence-electron chi connectivity index (χ0n) is 15.1. The molecule has 1 saturated heterocycles. The molecular formula is C18H19F3N4O2S. The topological polar surface area (TPSA) is 65.5 Å². The molecule has 1 N–H and O–H groups in total. The maximum Gasteiger partial charge on any atom is 0.417 e. The maximum atomic E-state index is 12.6. The van der Waals surface area contributed by atoms with Crippen molar-refractivity contribution in [2.24, 2.45) is 0 Å². The Labute approximate surface area is 164 Å². The maximum absolute atomic E-state index is 12.6. The highest BCUT2D eigenvalue weighted by Gasteiger charge is 2.31. The van der Waals surface area contributed by atoms with Crippen molar-refractivity contribution in [2.45, 2.75) is 13.1 Å². The third kappa shape index (κ3) is 4.80. The molecule has 2 aromatic rings. The van der Waals surface area contributed by atoms with Gasteiger partial charge in [0.2, 0.25) is 5.91 Å². The van der Waals surface area contributed by atoms with Crippen LogP contribution in [-0.4, -0.2) is 54.4 Å². The molecule has 0 unspecified atom stereocenters. The fourth-order valence-corrected chi connectivity index (χ4v) is 3.62. The molecule has 0 aromatic carbocycles. The lowest BCUT2D eigenvalue weighted by Gasteiger charge is -2.35. The molecule has 150 valence electrons. The number of carbonyl (C=O) groups is 2. The Morgan fingerprint density at radius 2 is 1.86 bits per heavy atom. The Morgan fingerprint density at radius 1 is 1.14 bits per heavy atom. The van der Waals surface area contributed by atoms with E-state index in [2.05, 4.69) is 10.3 Å². The van der Waals surface area contributed by atoms with Crippen molar-refractivity contribution >= 4 is 29.0 Å². The van der Waals surface area contributed by atoms with Crippen molar-refractivity contribution in [3.8, 4) is 0 Å². The minimum absolute atomic E-state index is 0.0890. The summed E-state index contributed by atoms with van der Waals surface area (Å²) < 4.78 is 37.8. The van der Waals surface area contributed by atoms with E-state index < -0.39 is 11.7 Å². The number of nitrogens with zero attached hydrogens (tertiary/aromatic N) is 3. The normalized spacial score (nSPS) is 14.9. The van der Waals surface area contributed by atoms with Gasteiger partial charge in [0, 0.05) is 37.3 Å². The molecule has 0 aliphatic carbocycles. The minimum Gasteiger partial charge on any atom is -0.353 e. The van der Waals surface area contributed by atoms with Gasteiger partial charge < -0.3 is 15.1 Å². The lowest BCUT2D eigenvalue weighted by molar-refractivity contribution is -0.137. The van der Waals surface area contributed by atoms with Gasteiger partial charge in [-0.15, -0.1) is 11.3 Å². The first-order chi connectivity index (χ1) is 13.2. The molecule has 0 atom stereocenters. The van der Waals surface area contributed by atoms with Gasteiger partial charge in [-0.1, -0.05) is 0 Å². The number of thiophene rings is 1. The summed E-state index contributed by atoms with van der Waals surface area (Å²) in [5.41, 5.74) is -0.790. The van der Waals surface area contributed by atoms with Crippen LogP contribution in [0.1, 0.15) is 20.1 Å². The van der Waals surface area contributed by atoms with Crippen LogP contribution in [0.25, 0.3) is 0 Å². The first kappa shape index (κ1) is 20.1. The number of aromatic nitrogens is 1. The molecule has 0 bridgehead atoms. The smallest absolute Gasteiger partial charge is 0.353 e. The molecule has 0 saturated carbocycles. The van der Waals surface area contributed by atoms with Gasteiger partial charge in [-0.25, -0.2) is 4.98 Å². The zero-order valence-corrected chi connectivity index (χ0v) is 15.9. The van der Waals surface area contributed by atoms with Crippen LogP contribution in [0.15, 0.2) is 30.5 Å². The molecule has 10 heteroatoms. The number of carbonyl (C=O) groups excluding carboxylic acids is 2. The second-order valence-corrected chi connectivity index (χ2v) is 7.65. The monoisotopic (exact) mass is 412 g/mol. The van der Waals surface area contributed by atoms with Gasteiger partial charge in [0.1, 0.15) is 5.82 Å². The molecule has 3 rings (SSSR count). The van der Waals surface area contributed by atoms with Gasteiger partial charge in [0.05, 0.1) is 17.0 Å². The Kier molecular flexibility index (Phi) is 5.87. The van der Waals surface area contributed by atoms with Crippen molar-refractivity contribution in [1.29, 1.82) is 0 Å². The summed E-state index contributed by atoms with van der Waals surface area (Å²) >= 11 is 1.36. The summed E-state index contributed by atoms with van der Waals surface area (Å²) in [4.78, 5) is 33.2. The minimum atomic E-state index is -4.41. The molecule has 6 nitrogen and oxygen atoms in total. The summed E-state index contributed by atoms with van der Waals surface area (Å²) in [7, 11) is 0. The molecule has 28 heavy (non-hydrogen) atoms. The number of halogens is 3. The second kappa shape index (κ2) is 8.17. The van der Waals surface area contributed by atoms with Crippen molar-refractivity contribution in [3.05, 3.63) is 45.8 Å². The van der Waals surface area contributed by atoms with Gasteiger partial charge >= 0.3 is 6.18 Å². The number of amides is 2. The third-order valence-corrected chi connectivity index (χ3v) is 5.40. The number of alkyl halides is 3. The van der Waals surface area contributed by atoms with Crippen LogP contribution in [0.5, 0.6) is 0 Å². The number of nitrogens with one attached hydrogen (secondary N) is 1. The summed E-state index contributed by atoms with van der Waals surface area (Å²) in [6, 6.07) is 5.90.